The number of piperazine rings is 1. The van der Waals surface area contributed by atoms with E-state index in [-0.39, 0.29) is 29.9 Å². The lowest BCUT2D eigenvalue weighted by Gasteiger charge is -2.36. The second-order valence-corrected chi connectivity index (χ2v) is 6.01. The van der Waals surface area contributed by atoms with Crippen molar-refractivity contribution in [3.63, 3.8) is 0 Å². The van der Waals surface area contributed by atoms with Crippen LogP contribution in [0.5, 0.6) is 5.75 Å². The summed E-state index contributed by atoms with van der Waals surface area (Å²) in [6, 6.07) is 10.6. The molecule has 1 saturated heterocycles. The lowest BCUT2D eigenvalue weighted by atomic mass is 10.0. The molecule has 0 saturated carbocycles. The van der Waals surface area contributed by atoms with Crippen molar-refractivity contribution in [2.45, 2.75) is 12.5 Å². The van der Waals surface area contributed by atoms with Crippen LogP contribution in [0.25, 0.3) is 0 Å². The van der Waals surface area contributed by atoms with Gasteiger partial charge in [-0.05, 0) is 35.4 Å². The summed E-state index contributed by atoms with van der Waals surface area (Å²) in [4.78, 5) is 14.5. The maximum absolute atomic E-state index is 13.8. The van der Waals surface area contributed by atoms with Crippen molar-refractivity contribution in [1.29, 1.82) is 0 Å². The van der Waals surface area contributed by atoms with Crippen LogP contribution in [0.15, 0.2) is 42.5 Å². The minimum Gasteiger partial charge on any atom is -0.494 e. The van der Waals surface area contributed by atoms with Crippen LogP contribution < -0.4 is 10.1 Å². The largest absolute Gasteiger partial charge is 0.494 e. The minimum atomic E-state index is -0.491. The van der Waals surface area contributed by atoms with E-state index < -0.39 is 5.82 Å². The Morgan fingerprint density at radius 1 is 1.28 bits per heavy atom. The Labute approximate surface area is 145 Å². The van der Waals surface area contributed by atoms with Gasteiger partial charge in [0.2, 0.25) is 5.91 Å². The average molecular weight is 346 g/mol. The molecule has 1 heterocycles. The van der Waals surface area contributed by atoms with Crippen LogP contribution in [-0.2, 0) is 11.2 Å². The summed E-state index contributed by atoms with van der Waals surface area (Å²) in [6.45, 7) is 1.76. The van der Waals surface area contributed by atoms with E-state index >= 15 is 0 Å². The van der Waals surface area contributed by atoms with Crippen molar-refractivity contribution in [2.24, 2.45) is 0 Å². The van der Waals surface area contributed by atoms with Crippen LogP contribution in [0.2, 0.25) is 0 Å². The zero-order chi connectivity index (χ0) is 17.8. The van der Waals surface area contributed by atoms with E-state index in [1.165, 1.54) is 31.4 Å². The van der Waals surface area contributed by atoms with Gasteiger partial charge < -0.3 is 15.0 Å². The number of ether oxygens (including phenoxy) is 1. The first kappa shape index (κ1) is 17.4. The Bertz CT molecular complexity index is 767. The molecule has 132 valence electrons. The molecule has 0 aromatic heterocycles. The van der Waals surface area contributed by atoms with Crippen LogP contribution in [0.1, 0.15) is 17.2 Å². The van der Waals surface area contributed by atoms with E-state index in [4.69, 9.17) is 4.74 Å². The van der Waals surface area contributed by atoms with Crippen LogP contribution in [0, 0.1) is 11.6 Å². The fraction of sp³-hybridized carbons (Fsp3) is 0.316. The second-order valence-electron chi connectivity index (χ2n) is 6.01. The third kappa shape index (κ3) is 3.96. The van der Waals surface area contributed by atoms with Crippen molar-refractivity contribution >= 4 is 5.91 Å². The Morgan fingerprint density at radius 2 is 2.12 bits per heavy atom. The Balaban J connectivity index is 1.78. The van der Waals surface area contributed by atoms with Gasteiger partial charge >= 0.3 is 0 Å². The van der Waals surface area contributed by atoms with Crippen LogP contribution in [0.3, 0.4) is 0 Å². The van der Waals surface area contributed by atoms with E-state index in [0.717, 1.165) is 5.56 Å². The molecule has 2 aromatic carbocycles. The molecule has 25 heavy (non-hydrogen) atoms. The topological polar surface area (TPSA) is 41.6 Å². The van der Waals surface area contributed by atoms with Gasteiger partial charge in [-0.25, -0.2) is 8.78 Å². The highest BCUT2D eigenvalue weighted by Gasteiger charge is 2.28. The molecule has 0 radical (unpaired) electrons. The number of nitrogens with zero attached hydrogens (tertiary/aromatic N) is 1. The zero-order valence-electron chi connectivity index (χ0n) is 14.0. The van der Waals surface area contributed by atoms with Gasteiger partial charge in [0.15, 0.2) is 11.6 Å². The molecule has 1 aliphatic heterocycles. The molecular weight excluding hydrogens is 326 g/mol. The molecule has 0 bridgehead atoms. The van der Waals surface area contributed by atoms with Gasteiger partial charge in [-0.1, -0.05) is 18.2 Å². The lowest BCUT2D eigenvalue weighted by Crippen LogP contribution is -2.49. The maximum atomic E-state index is 13.8. The fourth-order valence-corrected chi connectivity index (χ4v) is 3.11. The Kier molecular flexibility index (Phi) is 5.28. The number of rotatable bonds is 4. The molecule has 4 nitrogen and oxygen atoms in total. The third-order valence-electron chi connectivity index (χ3n) is 4.37. The Hall–Kier alpha value is -2.47. The van der Waals surface area contributed by atoms with Crippen molar-refractivity contribution in [3.8, 4) is 5.75 Å². The zero-order valence-corrected chi connectivity index (χ0v) is 14.0. The van der Waals surface area contributed by atoms with Gasteiger partial charge in [0.05, 0.1) is 19.6 Å². The molecule has 0 aliphatic carbocycles. The van der Waals surface area contributed by atoms with Gasteiger partial charge in [0.1, 0.15) is 5.82 Å². The molecule has 2 aromatic rings. The highest BCUT2D eigenvalue weighted by atomic mass is 19.1. The molecular formula is C19H20F2N2O2. The number of hydrogen-bond donors (Lipinski definition) is 1. The number of halogens is 2. The summed E-state index contributed by atoms with van der Waals surface area (Å²) in [5.41, 5.74) is 1.33. The number of carbonyl (C=O) groups is 1. The van der Waals surface area contributed by atoms with E-state index in [1.54, 1.807) is 17.0 Å². The molecule has 1 atom stereocenters. The lowest BCUT2D eigenvalue weighted by molar-refractivity contribution is -0.133. The Morgan fingerprint density at radius 3 is 2.84 bits per heavy atom. The highest BCUT2D eigenvalue weighted by molar-refractivity contribution is 5.79. The first-order valence-electron chi connectivity index (χ1n) is 8.16. The number of benzene rings is 2. The van der Waals surface area contributed by atoms with E-state index in [9.17, 15) is 13.6 Å². The minimum absolute atomic E-state index is 0.0900. The second kappa shape index (κ2) is 7.61. The maximum Gasteiger partial charge on any atom is 0.227 e. The number of hydrogen-bond acceptors (Lipinski definition) is 3. The molecule has 1 unspecified atom stereocenters. The van der Waals surface area contributed by atoms with Gasteiger partial charge in [-0.2, -0.15) is 0 Å². The molecule has 1 amide bonds. The first-order valence-corrected chi connectivity index (χ1v) is 8.16. The summed E-state index contributed by atoms with van der Waals surface area (Å²) in [6.07, 6.45) is 0.0900. The number of carbonyl (C=O) groups excluding carboxylic acids is 1. The van der Waals surface area contributed by atoms with E-state index in [0.29, 0.717) is 25.2 Å². The molecule has 6 heteroatoms. The summed E-state index contributed by atoms with van der Waals surface area (Å²) in [5, 5.41) is 3.23. The van der Waals surface area contributed by atoms with Crippen LogP contribution >= 0.6 is 0 Å². The van der Waals surface area contributed by atoms with Crippen LogP contribution in [-0.4, -0.2) is 37.6 Å². The van der Waals surface area contributed by atoms with E-state index in [1.807, 2.05) is 6.07 Å². The van der Waals surface area contributed by atoms with Crippen molar-refractivity contribution in [2.75, 3.05) is 26.7 Å². The summed E-state index contributed by atoms with van der Waals surface area (Å²) < 4.78 is 32.3. The van der Waals surface area contributed by atoms with Gasteiger partial charge in [0.25, 0.3) is 0 Å². The molecule has 0 spiro atoms. The SMILES string of the molecule is COc1ccc(CC(=O)N2CCNCC2c2cccc(F)c2)cc1F. The fourth-order valence-electron chi connectivity index (χ4n) is 3.11. The first-order chi connectivity index (χ1) is 12.1. The van der Waals surface area contributed by atoms with E-state index in [2.05, 4.69) is 5.32 Å². The van der Waals surface area contributed by atoms with Crippen molar-refractivity contribution in [3.05, 3.63) is 65.2 Å². The standard InChI is InChI=1S/C19H20F2N2O2/c1-25-18-6-5-13(9-16(18)21)10-19(24)23-8-7-22-12-17(23)14-3-2-4-15(20)11-14/h2-6,9,11,17,22H,7-8,10,12H2,1H3. The third-order valence-corrected chi connectivity index (χ3v) is 4.37. The number of methoxy groups -OCH3 is 1. The van der Waals surface area contributed by atoms with Crippen molar-refractivity contribution < 1.29 is 18.3 Å². The van der Waals surface area contributed by atoms with Crippen LogP contribution in [0.4, 0.5) is 8.78 Å². The van der Waals surface area contributed by atoms with Gasteiger partial charge in [-0.3, -0.25) is 4.79 Å². The molecule has 1 fully saturated rings. The highest BCUT2D eigenvalue weighted by Crippen LogP contribution is 2.24. The average Bonchev–Trinajstić information content (AvgIpc) is 2.62. The number of amides is 1. The normalized spacial score (nSPS) is 17.4. The summed E-state index contributed by atoms with van der Waals surface area (Å²) in [5.74, 6) is -0.779. The summed E-state index contributed by atoms with van der Waals surface area (Å²) in [7, 11) is 1.40. The predicted octanol–water partition coefficient (Wildman–Crippen LogP) is 2.69. The molecule has 1 N–H and O–H groups in total. The number of nitrogens with one attached hydrogen (secondary N) is 1. The van der Waals surface area contributed by atoms with Gasteiger partial charge in [-0.15, -0.1) is 0 Å². The smallest absolute Gasteiger partial charge is 0.227 e. The monoisotopic (exact) mass is 346 g/mol. The molecule has 1 aliphatic rings. The van der Waals surface area contributed by atoms with Crippen molar-refractivity contribution in [1.82, 2.24) is 10.2 Å². The molecule has 3 rings (SSSR count). The predicted molar refractivity (Wildman–Crippen MR) is 90.4 cm³/mol. The quantitative estimate of drug-likeness (QED) is 0.926. The summed E-state index contributed by atoms with van der Waals surface area (Å²) >= 11 is 0. The van der Waals surface area contributed by atoms with Gasteiger partial charge in [0, 0.05) is 19.6 Å².